The van der Waals surface area contributed by atoms with Crippen molar-refractivity contribution in [2.24, 2.45) is 0 Å². The highest BCUT2D eigenvalue weighted by Crippen LogP contribution is 2.17. The lowest BCUT2D eigenvalue weighted by molar-refractivity contribution is -0.155. The van der Waals surface area contributed by atoms with E-state index in [9.17, 15) is 9.59 Å². The van der Waals surface area contributed by atoms with Crippen molar-refractivity contribution in [2.45, 2.75) is 26.3 Å². The summed E-state index contributed by atoms with van der Waals surface area (Å²) in [6, 6.07) is 0.134. The van der Waals surface area contributed by atoms with E-state index in [2.05, 4.69) is 0 Å². The molecule has 0 radical (unpaired) electrons. The van der Waals surface area contributed by atoms with Gasteiger partial charge in [0.2, 0.25) is 11.8 Å². The molecule has 1 unspecified atom stereocenters. The summed E-state index contributed by atoms with van der Waals surface area (Å²) >= 11 is 0. The molecule has 0 aromatic heterocycles. The van der Waals surface area contributed by atoms with Crippen LogP contribution in [-0.2, 0) is 9.59 Å². The molecule has 0 N–H and O–H groups in total. The Morgan fingerprint density at radius 1 is 1.78 bits per heavy atom. The number of nitrogens with zero attached hydrogens (tertiary/aromatic N) is 1. The van der Waals surface area contributed by atoms with Crippen LogP contribution in [-0.4, -0.2) is 22.8 Å². The molecule has 0 bridgehead atoms. The third kappa shape index (κ3) is 0.823. The molecule has 3 heteroatoms. The first-order chi connectivity index (χ1) is 4.13. The predicted molar refractivity (Wildman–Crippen MR) is 31.6 cm³/mol. The summed E-state index contributed by atoms with van der Waals surface area (Å²) in [5.74, 6) is -0.186. The Morgan fingerprint density at radius 3 is 2.44 bits per heavy atom. The molecule has 0 aromatic rings. The van der Waals surface area contributed by atoms with Crippen molar-refractivity contribution in [1.29, 1.82) is 0 Å². The van der Waals surface area contributed by atoms with Gasteiger partial charge in [-0.05, 0) is 6.92 Å². The molecule has 1 rings (SSSR count). The van der Waals surface area contributed by atoms with E-state index < -0.39 is 0 Å². The molecule has 0 aromatic carbocycles. The van der Waals surface area contributed by atoms with Gasteiger partial charge in [-0.3, -0.25) is 14.5 Å². The Bertz CT molecular complexity index is 156. The standard InChI is InChI=1S/C6H9NO2/c1-4-3-6(9)7(4)5(2)8/h4H,3H2,1-2H3. The summed E-state index contributed by atoms with van der Waals surface area (Å²) in [6.45, 7) is 3.27. The lowest BCUT2D eigenvalue weighted by Crippen LogP contribution is -2.53. The molecule has 2 amide bonds. The largest absolute Gasteiger partial charge is 0.279 e. The summed E-state index contributed by atoms with van der Waals surface area (Å²) in [4.78, 5) is 22.4. The molecule has 9 heavy (non-hydrogen) atoms. The third-order valence-corrected chi connectivity index (χ3v) is 1.52. The number of imide groups is 1. The van der Waals surface area contributed by atoms with Crippen molar-refractivity contribution >= 4 is 11.8 Å². The fourth-order valence-electron chi connectivity index (χ4n) is 1.06. The first-order valence-electron chi connectivity index (χ1n) is 2.95. The molecule has 3 nitrogen and oxygen atoms in total. The molecular formula is C6H9NO2. The average molecular weight is 127 g/mol. The zero-order valence-corrected chi connectivity index (χ0v) is 5.55. The van der Waals surface area contributed by atoms with Crippen molar-refractivity contribution in [3.63, 3.8) is 0 Å². The monoisotopic (exact) mass is 127 g/mol. The molecule has 50 valence electrons. The normalized spacial score (nSPS) is 25.8. The van der Waals surface area contributed by atoms with E-state index >= 15 is 0 Å². The van der Waals surface area contributed by atoms with Crippen LogP contribution in [0.1, 0.15) is 20.3 Å². The smallest absolute Gasteiger partial charge is 0.231 e. The predicted octanol–water partition coefficient (Wildman–Crippen LogP) is 0.154. The van der Waals surface area contributed by atoms with Gasteiger partial charge in [0, 0.05) is 19.4 Å². The van der Waals surface area contributed by atoms with E-state index in [0.717, 1.165) is 0 Å². The number of amides is 2. The summed E-state index contributed by atoms with van der Waals surface area (Å²) in [6.07, 6.45) is 0.527. The Hall–Kier alpha value is -0.860. The van der Waals surface area contributed by atoms with Crippen molar-refractivity contribution < 1.29 is 9.59 Å². The third-order valence-electron chi connectivity index (χ3n) is 1.52. The van der Waals surface area contributed by atoms with E-state index in [4.69, 9.17) is 0 Å². The number of likely N-dealkylation sites (tertiary alicyclic amines) is 1. The molecule has 1 fully saturated rings. The molecule has 1 aliphatic rings. The maximum Gasteiger partial charge on any atom is 0.231 e. The Morgan fingerprint density at radius 2 is 2.33 bits per heavy atom. The summed E-state index contributed by atoms with van der Waals surface area (Å²) in [5, 5.41) is 0. The van der Waals surface area contributed by atoms with Crippen molar-refractivity contribution in [2.75, 3.05) is 0 Å². The minimum absolute atomic E-state index is 0.0463. The Balaban J connectivity index is 2.59. The lowest BCUT2D eigenvalue weighted by Gasteiger charge is -2.35. The molecule has 0 spiro atoms. The van der Waals surface area contributed by atoms with Crippen LogP contribution in [0.4, 0.5) is 0 Å². The number of β-lactam (4-membered cyclic amide) rings is 1. The highest BCUT2D eigenvalue weighted by molar-refractivity contribution is 5.99. The van der Waals surface area contributed by atoms with E-state index in [1.165, 1.54) is 11.8 Å². The second-order valence-electron chi connectivity index (χ2n) is 2.34. The maximum atomic E-state index is 10.6. The minimum Gasteiger partial charge on any atom is -0.279 e. The molecule has 1 aliphatic heterocycles. The average Bonchev–Trinajstić information content (AvgIpc) is 1.62. The van der Waals surface area contributed by atoms with Gasteiger partial charge in [0.1, 0.15) is 0 Å². The number of rotatable bonds is 0. The van der Waals surface area contributed by atoms with Crippen LogP contribution in [0.25, 0.3) is 0 Å². The highest BCUT2D eigenvalue weighted by atomic mass is 16.2. The molecular weight excluding hydrogens is 118 g/mol. The molecule has 1 atom stereocenters. The van der Waals surface area contributed by atoms with Crippen LogP contribution < -0.4 is 0 Å². The first kappa shape index (κ1) is 6.26. The summed E-state index contributed by atoms with van der Waals surface area (Å²) < 4.78 is 0. The van der Waals surface area contributed by atoms with Crippen LogP contribution in [0.15, 0.2) is 0 Å². The summed E-state index contributed by atoms with van der Waals surface area (Å²) in [7, 11) is 0. The van der Waals surface area contributed by atoms with Crippen LogP contribution in [0.3, 0.4) is 0 Å². The number of hydrogen-bond donors (Lipinski definition) is 0. The van der Waals surface area contributed by atoms with Gasteiger partial charge in [-0.25, -0.2) is 0 Å². The van der Waals surface area contributed by atoms with Crippen molar-refractivity contribution in [3.8, 4) is 0 Å². The van der Waals surface area contributed by atoms with Gasteiger partial charge in [0.05, 0.1) is 0 Å². The second kappa shape index (κ2) is 1.83. The number of carbonyl (C=O) groups is 2. The molecule has 1 saturated heterocycles. The zero-order valence-electron chi connectivity index (χ0n) is 5.55. The van der Waals surface area contributed by atoms with Crippen LogP contribution >= 0.6 is 0 Å². The fourth-order valence-corrected chi connectivity index (χ4v) is 1.06. The maximum absolute atomic E-state index is 10.6. The van der Waals surface area contributed by atoms with Gasteiger partial charge in [0.25, 0.3) is 0 Å². The number of hydrogen-bond acceptors (Lipinski definition) is 2. The lowest BCUT2D eigenvalue weighted by atomic mass is 10.0. The SMILES string of the molecule is CC(=O)N1C(=O)CC1C. The van der Waals surface area contributed by atoms with Crippen LogP contribution in [0, 0.1) is 0 Å². The number of carbonyl (C=O) groups excluding carboxylic acids is 2. The molecule has 0 saturated carbocycles. The van der Waals surface area contributed by atoms with Gasteiger partial charge < -0.3 is 0 Å². The van der Waals surface area contributed by atoms with Crippen molar-refractivity contribution in [1.82, 2.24) is 4.90 Å². The minimum atomic E-state index is -0.140. The van der Waals surface area contributed by atoms with E-state index in [-0.39, 0.29) is 17.9 Å². The van der Waals surface area contributed by atoms with Crippen molar-refractivity contribution in [3.05, 3.63) is 0 Å². The topological polar surface area (TPSA) is 37.4 Å². The van der Waals surface area contributed by atoms with Gasteiger partial charge in [0.15, 0.2) is 0 Å². The Labute approximate surface area is 53.6 Å². The van der Waals surface area contributed by atoms with Crippen LogP contribution in [0.5, 0.6) is 0 Å². The zero-order chi connectivity index (χ0) is 7.02. The molecule has 0 aliphatic carbocycles. The molecule has 1 heterocycles. The van der Waals surface area contributed by atoms with Gasteiger partial charge >= 0.3 is 0 Å². The van der Waals surface area contributed by atoms with Gasteiger partial charge in [-0.1, -0.05) is 0 Å². The highest BCUT2D eigenvalue weighted by Gasteiger charge is 2.34. The fraction of sp³-hybridized carbons (Fsp3) is 0.667. The van der Waals surface area contributed by atoms with E-state index in [0.29, 0.717) is 6.42 Å². The van der Waals surface area contributed by atoms with Crippen LogP contribution in [0.2, 0.25) is 0 Å². The summed E-state index contributed by atoms with van der Waals surface area (Å²) in [5.41, 5.74) is 0. The second-order valence-corrected chi connectivity index (χ2v) is 2.34. The van der Waals surface area contributed by atoms with Gasteiger partial charge in [-0.15, -0.1) is 0 Å². The van der Waals surface area contributed by atoms with Gasteiger partial charge in [-0.2, -0.15) is 0 Å². The van der Waals surface area contributed by atoms with E-state index in [1.807, 2.05) is 6.92 Å². The quantitative estimate of drug-likeness (QED) is 0.434. The van der Waals surface area contributed by atoms with E-state index in [1.54, 1.807) is 0 Å². The Kier molecular flexibility index (Phi) is 1.27. The first-order valence-corrected chi connectivity index (χ1v) is 2.95.